The van der Waals surface area contributed by atoms with Gasteiger partial charge >= 0.3 is 0 Å². The van der Waals surface area contributed by atoms with Crippen molar-refractivity contribution in [1.29, 1.82) is 0 Å². The van der Waals surface area contributed by atoms with Crippen LogP contribution in [0.4, 0.5) is 11.5 Å². The fourth-order valence-corrected chi connectivity index (χ4v) is 3.04. The van der Waals surface area contributed by atoms with Crippen LogP contribution in [0.3, 0.4) is 0 Å². The summed E-state index contributed by atoms with van der Waals surface area (Å²) in [4.78, 5) is 22.9. The molecule has 5 heteroatoms. The minimum Gasteiger partial charge on any atom is -0.352 e. The van der Waals surface area contributed by atoms with Crippen molar-refractivity contribution in [3.63, 3.8) is 0 Å². The lowest BCUT2D eigenvalue weighted by atomic mass is 10.00. The Morgan fingerprint density at radius 1 is 1.00 bits per heavy atom. The minimum absolute atomic E-state index is 0.186. The lowest BCUT2D eigenvalue weighted by Crippen LogP contribution is -2.30. The number of pyridine rings is 2. The summed E-state index contributed by atoms with van der Waals surface area (Å²) in [5.41, 5.74) is 3.97. The van der Waals surface area contributed by atoms with Crippen molar-refractivity contribution in [2.75, 3.05) is 16.8 Å². The molecule has 3 aromatic rings. The normalized spacial score (nSPS) is 13.2. The molecule has 5 nitrogen and oxygen atoms in total. The predicted octanol–water partition coefficient (Wildman–Crippen LogP) is 3.29. The van der Waals surface area contributed by atoms with E-state index in [1.54, 1.807) is 30.7 Å². The van der Waals surface area contributed by atoms with E-state index >= 15 is 0 Å². The maximum Gasteiger partial charge on any atom is 0.257 e. The molecule has 0 radical (unpaired) electrons. The van der Waals surface area contributed by atoms with Crippen LogP contribution in [0.5, 0.6) is 0 Å². The highest BCUT2D eigenvalue weighted by Gasteiger charge is 2.17. The van der Waals surface area contributed by atoms with E-state index in [1.807, 2.05) is 12.1 Å². The number of fused-ring (bicyclic) bond motifs is 1. The Morgan fingerprint density at radius 2 is 1.88 bits per heavy atom. The number of rotatable bonds is 3. The van der Waals surface area contributed by atoms with Crippen molar-refractivity contribution in [3.8, 4) is 0 Å². The molecular weight excluding hydrogens is 312 g/mol. The maximum atomic E-state index is 12.1. The first-order chi connectivity index (χ1) is 12.3. The van der Waals surface area contributed by atoms with Gasteiger partial charge in [-0.3, -0.25) is 9.78 Å². The topological polar surface area (TPSA) is 58.1 Å². The third-order valence-corrected chi connectivity index (χ3v) is 4.38. The monoisotopic (exact) mass is 330 g/mol. The van der Waals surface area contributed by atoms with Gasteiger partial charge in [-0.05, 0) is 41.8 Å². The summed E-state index contributed by atoms with van der Waals surface area (Å²) in [6.45, 7) is 1.82. The number of benzene rings is 1. The molecule has 124 valence electrons. The first kappa shape index (κ1) is 15.3. The van der Waals surface area contributed by atoms with Gasteiger partial charge in [-0.1, -0.05) is 24.3 Å². The van der Waals surface area contributed by atoms with Crippen molar-refractivity contribution in [2.45, 2.75) is 13.0 Å². The highest BCUT2D eigenvalue weighted by atomic mass is 16.1. The van der Waals surface area contributed by atoms with Gasteiger partial charge in [-0.25, -0.2) is 4.98 Å². The third-order valence-electron chi connectivity index (χ3n) is 4.38. The van der Waals surface area contributed by atoms with E-state index in [9.17, 15) is 4.79 Å². The van der Waals surface area contributed by atoms with Crippen LogP contribution in [0.2, 0.25) is 0 Å². The van der Waals surface area contributed by atoms with Gasteiger partial charge in [0, 0.05) is 25.5 Å². The zero-order chi connectivity index (χ0) is 17.1. The van der Waals surface area contributed by atoms with E-state index < -0.39 is 0 Å². The molecule has 2 aromatic heterocycles. The molecule has 0 unspecified atom stereocenters. The highest BCUT2D eigenvalue weighted by Crippen LogP contribution is 2.23. The van der Waals surface area contributed by atoms with Crippen LogP contribution in [0.1, 0.15) is 21.5 Å². The van der Waals surface area contributed by atoms with Crippen molar-refractivity contribution in [1.82, 2.24) is 9.97 Å². The van der Waals surface area contributed by atoms with Crippen LogP contribution in [0.15, 0.2) is 67.1 Å². The molecule has 1 aromatic carbocycles. The number of carbonyl (C=O) groups excluding carboxylic acids is 1. The van der Waals surface area contributed by atoms with Gasteiger partial charge in [0.2, 0.25) is 0 Å². The largest absolute Gasteiger partial charge is 0.352 e. The second-order valence-corrected chi connectivity index (χ2v) is 6.04. The van der Waals surface area contributed by atoms with Crippen molar-refractivity contribution in [2.24, 2.45) is 0 Å². The molecule has 0 atom stereocenters. The number of aromatic nitrogens is 2. The third kappa shape index (κ3) is 3.35. The van der Waals surface area contributed by atoms with Crippen LogP contribution in [0, 0.1) is 0 Å². The smallest absolute Gasteiger partial charge is 0.257 e. The van der Waals surface area contributed by atoms with Crippen LogP contribution in [-0.4, -0.2) is 22.4 Å². The highest BCUT2D eigenvalue weighted by molar-refractivity contribution is 6.03. The minimum atomic E-state index is -0.186. The van der Waals surface area contributed by atoms with Gasteiger partial charge in [0.15, 0.2) is 0 Å². The number of anilines is 2. The van der Waals surface area contributed by atoms with E-state index in [-0.39, 0.29) is 5.91 Å². The number of hydrogen-bond donors (Lipinski definition) is 1. The lowest BCUT2D eigenvalue weighted by molar-refractivity contribution is 0.102. The molecule has 0 fully saturated rings. The summed E-state index contributed by atoms with van der Waals surface area (Å²) < 4.78 is 0. The second kappa shape index (κ2) is 6.73. The van der Waals surface area contributed by atoms with Crippen molar-refractivity contribution >= 4 is 17.4 Å². The Bertz CT molecular complexity index is 878. The summed E-state index contributed by atoms with van der Waals surface area (Å²) >= 11 is 0. The summed E-state index contributed by atoms with van der Waals surface area (Å²) in [5.74, 6) is 0.739. The van der Waals surface area contributed by atoms with E-state index in [0.29, 0.717) is 11.3 Å². The Hall–Kier alpha value is -3.21. The first-order valence-electron chi connectivity index (χ1n) is 8.29. The number of nitrogens with zero attached hydrogens (tertiary/aromatic N) is 3. The molecule has 0 spiro atoms. The fraction of sp³-hybridized carbons (Fsp3) is 0.150. The molecule has 0 bridgehead atoms. The molecule has 3 heterocycles. The second-order valence-electron chi connectivity index (χ2n) is 6.04. The van der Waals surface area contributed by atoms with Crippen LogP contribution < -0.4 is 10.2 Å². The van der Waals surface area contributed by atoms with Gasteiger partial charge in [0.1, 0.15) is 5.82 Å². The van der Waals surface area contributed by atoms with Gasteiger partial charge in [0.05, 0.1) is 17.4 Å². The Kier molecular flexibility index (Phi) is 4.12. The van der Waals surface area contributed by atoms with Crippen LogP contribution >= 0.6 is 0 Å². The molecular formula is C20H18N4O. The van der Waals surface area contributed by atoms with E-state index in [0.717, 1.165) is 25.3 Å². The quantitative estimate of drug-likeness (QED) is 0.800. The number of carbonyl (C=O) groups is 1. The Morgan fingerprint density at radius 3 is 2.64 bits per heavy atom. The molecule has 1 amide bonds. The average molecular weight is 330 g/mol. The molecule has 25 heavy (non-hydrogen) atoms. The number of nitrogens with one attached hydrogen (secondary N) is 1. The SMILES string of the molecule is O=C(Nc1ccc(N2CCc3ccccc3C2)nc1)c1cccnc1. The summed E-state index contributed by atoms with van der Waals surface area (Å²) in [5, 5.41) is 2.84. The Labute approximate surface area is 146 Å². The van der Waals surface area contributed by atoms with Crippen LogP contribution in [-0.2, 0) is 13.0 Å². The fourth-order valence-electron chi connectivity index (χ4n) is 3.04. The molecule has 1 aliphatic heterocycles. The molecule has 0 saturated heterocycles. The van der Waals surface area contributed by atoms with Crippen molar-refractivity contribution in [3.05, 3.63) is 83.8 Å². The zero-order valence-corrected chi connectivity index (χ0v) is 13.7. The summed E-state index contributed by atoms with van der Waals surface area (Å²) in [7, 11) is 0. The van der Waals surface area contributed by atoms with E-state index in [2.05, 4.69) is 44.5 Å². The van der Waals surface area contributed by atoms with Gasteiger partial charge in [0.25, 0.3) is 5.91 Å². The molecule has 0 aliphatic carbocycles. The van der Waals surface area contributed by atoms with Gasteiger partial charge in [-0.2, -0.15) is 0 Å². The summed E-state index contributed by atoms with van der Waals surface area (Å²) in [6, 6.07) is 15.8. The van der Waals surface area contributed by atoms with E-state index in [4.69, 9.17) is 0 Å². The molecule has 1 N–H and O–H groups in total. The van der Waals surface area contributed by atoms with E-state index in [1.165, 1.54) is 11.1 Å². The Balaban J connectivity index is 1.45. The average Bonchev–Trinajstić information content (AvgIpc) is 2.69. The molecule has 0 saturated carbocycles. The maximum absolute atomic E-state index is 12.1. The van der Waals surface area contributed by atoms with Gasteiger partial charge in [-0.15, -0.1) is 0 Å². The predicted molar refractivity (Wildman–Crippen MR) is 97.6 cm³/mol. The summed E-state index contributed by atoms with van der Waals surface area (Å²) in [6.07, 6.45) is 5.91. The van der Waals surface area contributed by atoms with Crippen molar-refractivity contribution < 1.29 is 4.79 Å². The first-order valence-corrected chi connectivity index (χ1v) is 8.29. The lowest BCUT2D eigenvalue weighted by Gasteiger charge is -2.29. The van der Waals surface area contributed by atoms with Crippen LogP contribution in [0.25, 0.3) is 0 Å². The molecule has 1 aliphatic rings. The number of hydrogen-bond acceptors (Lipinski definition) is 4. The standard InChI is InChI=1S/C20H18N4O/c25-20(16-6-3-10-21-12-16)23-18-7-8-19(22-13-18)24-11-9-15-4-1-2-5-17(15)14-24/h1-8,10,12-13H,9,11,14H2,(H,23,25). The number of amides is 1. The van der Waals surface area contributed by atoms with Gasteiger partial charge < -0.3 is 10.2 Å². The zero-order valence-electron chi connectivity index (χ0n) is 13.7. The molecule has 4 rings (SSSR count).